The van der Waals surface area contributed by atoms with Crippen LogP contribution in [0.25, 0.3) is 12.2 Å². The fraction of sp³-hybridized carbons (Fsp3) is 0.561. The van der Waals surface area contributed by atoms with Crippen molar-refractivity contribution in [2.45, 2.75) is 147 Å². The minimum absolute atomic E-state index is 0.0148. The van der Waals surface area contributed by atoms with E-state index in [-0.39, 0.29) is 39.7 Å². The molecule has 5 aliphatic heterocycles. The summed E-state index contributed by atoms with van der Waals surface area (Å²) in [6.07, 6.45) is -45.0. The van der Waals surface area contributed by atoms with Gasteiger partial charge in [0, 0.05) is 12.2 Å². The molecule has 5 saturated heterocycles. The number of benzene rings is 3. The quantitative estimate of drug-likeness (QED) is 0.0225. The van der Waals surface area contributed by atoms with Crippen LogP contribution >= 0.6 is 0 Å². The molecular formula is C57H72O33. The second-order valence-corrected chi connectivity index (χ2v) is 21.1. The first-order valence-electron chi connectivity index (χ1n) is 27.9. The van der Waals surface area contributed by atoms with Gasteiger partial charge < -0.3 is 148 Å². The largest absolute Gasteiger partial charge is 0.504 e. The Morgan fingerprint density at radius 3 is 1.46 bits per heavy atom. The predicted molar refractivity (Wildman–Crippen MR) is 291 cm³/mol. The van der Waals surface area contributed by atoms with Crippen molar-refractivity contribution in [1.29, 1.82) is 0 Å². The first-order valence-corrected chi connectivity index (χ1v) is 27.9. The normalized spacial score (nSPS) is 37.2. The van der Waals surface area contributed by atoms with Crippen LogP contribution in [0.1, 0.15) is 21.5 Å². The highest BCUT2D eigenvalue weighted by Gasteiger charge is 2.64. The lowest BCUT2D eigenvalue weighted by molar-refractivity contribution is -0.423. The van der Waals surface area contributed by atoms with Crippen molar-refractivity contribution in [3.63, 3.8) is 0 Å². The third-order valence-corrected chi connectivity index (χ3v) is 15.3. The zero-order valence-corrected chi connectivity index (χ0v) is 47.8. The van der Waals surface area contributed by atoms with Gasteiger partial charge in [-0.15, -0.1) is 0 Å². The summed E-state index contributed by atoms with van der Waals surface area (Å²) in [6, 6.07) is 15.0. The number of phenols is 2. The van der Waals surface area contributed by atoms with E-state index in [0.717, 1.165) is 12.2 Å². The number of ether oxygens (including phenoxy) is 14. The first-order chi connectivity index (χ1) is 43.0. The first kappa shape index (κ1) is 69.7. The average Bonchev–Trinajstić information content (AvgIpc) is 1.41. The third-order valence-electron chi connectivity index (χ3n) is 15.3. The van der Waals surface area contributed by atoms with Crippen LogP contribution in [0.2, 0.25) is 0 Å². The second kappa shape index (κ2) is 31.0. The molecule has 90 heavy (non-hydrogen) atoms. The van der Waals surface area contributed by atoms with Crippen molar-refractivity contribution in [3.05, 3.63) is 95.6 Å². The van der Waals surface area contributed by atoms with Crippen molar-refractivity contribution in [1.82, 2.24) is 0 Å². The van der Waals surface area contributed by atoms with Crippen LogP contribution in [0.3, 0.4) is 0 Å². The van der Waals surface area contributed by atoms with E-state index in [4.69, 9.17) is 66.3 Å². The summed E-state index contributed by atoms with van der Waals surface area (Å²) in [5.74, 6) is -7.23. The fourth-order valence-electron chi connectivity index (χ4n) is 10.4. The molecule has 0 bridgehead atoms. The fourth-order valence-corrected chi connectivity index (χ4v) is 10.4. The number of aliphatic hydroxyl groups excluding tert-OH is 14. The number of phenolic OH excluding ortho intramolecular Hbond substituents is 2. The number of rotatable bonds is 24. The highest BCUT2D eigenvalue weighted by Crippen LogP contribution is 2.43. The van der Waals surface area contributed by atoms with Crippen LogP contribution in [-0.4, -0.2) is 300 Å². The van der Waals surface area contributed by atoms with Gasteiger partial charge in [0.2, 0.25) is 5.79 Å². The number of aromatic hydroxyl groups is 2. The maximum atomic E-state index is 14.2. The number of aliphatic hydroxyl groups is 14. The van der Waals surface area contributed by atoms with E-state index < -0.39 is 204 Å². The smallest absolute Gasteiger partial charge is 0.338 e. The molecule has 0 saturated carbocycles. The Morgan fingerprint density at radius 2 is 0.944 bits per heavy atom. The van der Waals surface area contributed by atoms with Gasteiger partial charge in [-0.2, -0.15) is 0 Å². The Hall–Kier alpha value is -6.17. The maximum absolute atomic E-state index is 14.2. The molecule has 498 valence electrons. The summed E-state index contributed by atoms with van der Waals surface area (Å²) >= 11 is 0. The molecule has 5 heterocycles. The molecule has 0 radical (unpaired) electrons. The summed E-state index contributed by atoms with van der Waals surface area (Å²) in [5.41, 5.74) is 0.369. The van der Waals surface area contributed by atoms with E-state index in [2.05, 4.69) is 0 Å². The van der Waals surface area contributed by atoms with Gasteiger partial charge in [-0.3, -0.25) is 0 Å². The van der Waals surface area contributed by atoms with Gasteiger partial charge in [0.05, 0.1) is 52.8 Å². The molecule has 5 fully saturated rings. The van der Waals surface area contributed by atoms with E-state index in [1.807, 2.05) is 0 Å². The molecule has 24 atom stereocenters. The van der Waals surface area contributed by atoms with E-state index in [1.54, 1.807) is 6.07 Å². The maximum Gasteiger partial charge on any atom is 0.338 e. The Balaban J connectivity index is 1.26. The summed E-state index contributed by atoms with van der Waals surface area (Å²) in [7, 11) is 2.53. The summed E-state index contributed by atoms with van der Waals surface area (Å²) in [5, 5.41) is 174. The Morgan fingerprint density at radius 1 is 0.478 bits per heavy atom. The highest BCUT2D eigenvalue weighted by molar-refractivity contribution is 5.90. The van der Waals surface area contributed by atoms with Crippen molar-refractivity contribution < 1.29 is 162 Å². The molecule has 5 aliphatic rings. The lowest BCUT2D eigenvalue weighted by Gasteiger charge is -2.51. The standard InChI is InChI=1S/C57H72O33/c1-77-29-16-24(8-12-27(29)63)10-14-36(65)79-23-57(51(41(70)34(21-61)89-57)88-52(76)26-6-4-3-5-7-26)90-56-50(87-54-45(74)43(72)39(68)32(19-59)81-54)49(47(35(22-62)83-56)84-37(66)15-11-25-9-13-28(64)30(17-25)78-2)86-55-46(75)48(40(69)33(20-60)82-55)85-53-44(73)42(71)38(67)31(18-58)80-53/h3-17,31-35,38-51,53-56,58-64,67-75H,18-23H2,1-2H3/b14-10+,15-11+/t31-,32-,33-,34-,35-,38-,39-,40-,41-,42+,43+,44-,45-,46-,47-,48+,49+,50-,51+,53+,54+,55+,56-,57+/m1/s1. The molecule has 0 unspecified atom stereocenters. The minimum atomic E-state index is -2.98. The molecule has 0 amide bonds. The highest BCUT2D eigenvalue weighted by atomic mass is 16.8. The Bertz CT molecular complexity index is 2900. The van der Waals surface area contributed by atoms with Crippen molar-refractivity contribution >= 4 is 30.1 Å². The van der Waals surface area contributed by atoms with E-state index in [1.165, 1.54) is 87.0 Å². The van der Waals surface area contributed by atoms with Crippen LogP contribution in [0, 0.1) is 0 Å². The molecule has 16 N–H and O–H groups in total. The second-order valence-electron chi connectivity index (χ2n) is 21.1. The van der Waals surface area contributed by atoms with E-state index in [9.17, 15) is 96.1 Å². The van der Waals surface area contributed by atoms with Gasteiger partial charge >= 0.3 is 17.9 Å². The van der Waals surface area contributed by atoms with Gasteiger partial charge in [-0.1, -0.05) is 30.3 Å². The molecule has 33 nitrogen and oxygen atoms in total. The van der Waals surface area contributed by atoms with Crippen LogP contribution in [-0.2, 0) is 66.4 Å². The SMILES string of the molecule is COc1cc(/C=C/C(=O)OC[C@@]2(O[C@H]3O[C@H](CO)[C@@H](OC(=O)/C=C/c4ccc(O)c(OC)c4)[C@H](O[C@@H]4O[C@H](CO)[C@@H](O)[C@H](O[C@@H]5O[C@H](CO)[C@@H](O)[C@H](O)[C@H]5O)[C@H]4O)[C@H]3O[C@@H]3O[C@H](CO)[C@@H](O)[C@H](O)[C@H]3O)O[C@H](CO)[C@@H](O)[C@@H]2OC(=O)c2ccccc2)ccc1O. The van der Waals surface area contributed by atoms with Crippen molar-refractivity contribution in [2.24, 2.45) is 0 Å². The van der Waals surface area contributed by atoms with Gasteiger partial charge in [-0.05, 0) is 59.7 Å². The Labute approximate surface area is 510 Å². The van der Waals surface area contributed by atoms with Crippen LogP contribution in [0.15, 0.2) is 78.9 Å². The van der Waals surface area contributed by atoms with Crippen LogP contribution in [0.4, 0.5) is 0 Å². The number of carbonyl (C=O) groups is 3. The molecule has 33 heteroatoms. The molecular weight excluding hydrogens is 1210 g/mol. The van der Waals surface area contributed by atoms with Gasteiger partial charge in [-0.25, -0.2) is 14.4 Å². The zero-order chi connectivity index (χ0) is 65.3. The van der Waals surface area contributed by atoms with E-state index in [0.29, 0.717) is 0 Å². The zero-order valence-electron chi connectivity index (χ0n) is 47.8. The predicted octanol–water partition coefficient (Wildman–Crippen LogP) is -6.10. The minimum Gasteiger partial charge on any atom is -0.504 e. The number of hydrogen-bond donors (Lipinski definition) is 16. The number of methoxy groups -OCH3 is 2. The monoisotopic (exact) mass is 1280 g/mol. The van der Waals surface area contributed by atoms with Gasteiger partial charge in [0.15, 0.2) is 60.4 Å². The van der Waals surface area contributed by atoms with Gasteiger partial charge in [0.1, 0.15) is 110 Å². The van der Waals surface area contributed by atoms with Crippen LogP contribution in [0.5, 0.6) is 23.0 Å². The topological polar surface area (TPSA) is 504 Å². The molecule has 3 aromatic rings. The average molecular weight is 1290 g/mol. The van der Waals surface area contributed by atoms with Crippen LogP contribution < -0.4 is 9.47 Å². The number of esters is 3. The Kier molecular flexibility index (Phi) is 24.0. The number of carbonyl (C=O) groups excluding carboxylic acids is 3. The molecule has 0 aromatic heterocycles. The summed E-state index contributed by atoms with van der Waals surface area (Å²) in [6.45, 7) is -6.77. The molecule has 3 aromatic carbocycles. The van der Waals surface area contributed by atoms with Crippen molar-refractivity contribution in [3.8, 4) is 23.0 Å². The van der Waals surface area contributed by atoms with Crippen molar-refractivity contribution in [2.75, 3.05) is 53.9 Å². The number of hydrogen-bond acceptors (Lipinski definition) is 33. The summed E-state index contributed by atoms with van der Waals surface area (Å²) in [4.78, 5) is 42.0. The molecule has 0 aliphatic carbocycles. The molecule has 0 spiro atoms. The molecule has 8 rings (SSSR count). The van der Waals surface area contributed by atoms with Gasteiger partial charge in [0.25, 0.3) is 0 Å². The van der Waals surface area contributed by atoms with E-state index >= 15 is 0 Å². The lowest BCUT2D eigenvalue weighted by atomic mass is 9.95. The lowest BCUT2D eigenvalue weighted by Crippen LogP contribution is -2.69. The third kappa shape index (κ3) is 15.5. The summed E-state index contributed by atoms with van der Waals surface area (Å²) < 4.78 is 82.4.